The fourth-order valence-corrected chi connectivity index (χ4v) is 2.66. The molecule has 100 valence electrons. The zero-order valence-electron chi connectivity index (χ0n) is 11.5. The third-order valence-corrected chi connectivity index (χ3v) is 4.12. The normalized spacial score (nSPS) is 10.3. The first-order valence-corrected chi connectivity index (χ1v) is 6.80. The van der Waals surface area contributed by atoms with Crippen LogP contribution in [0.1, 0.15) is 15.4 Å². The highest BCUT2D eigenvalue weighted by Gasteiger charge is 2.20. The van der Waals surface area contributed by atoms with E-state index in [1.807, 2.05) is 56.3 Å². The number of para-hydroxylation sites is 1. The van der Waals surface area contributed by atoms with Crippen LogP contribution in [0.5, 0.6) is 0 Å². The molecule has 4 nitrogen and oxygen atoms in total. The molecule has 1 aromatic carbocycles. The summed E-state index contributed by atoms with van der Waals surface area (Å²) < 4.78 is 0. The van der Waals surface area contributed by atoms with Crippen molar-refractivity contribution in [3.63, 3.8) is 0 Å². The minimum Gasteiger partial charge on any atom is -0.354 e. The maximum atomic E-state index is 12.5. The second-order valence-electron chi connectivity index (χ2n) is 4.51. The summed E-state index contributed by atoms with van der Waals surface area (Å²) >= 11 is 1.42. The molecular formula is C14H17N3OS. The highest BCUT2D eigenvalue weighted by Crippen LogP contribution is 2.26. The van der Waals surface area contributed by atoms with Crippen molar-refractivity contribution in [1.82, 2.24) is 4.98 Å². The summed E-state index contributed by atoms with van der Waals surface area (Å²) in [5, 5.41) is 0.849. The average molecular weight is 275 g/mol. The number of thiazole rings is 1. The van der Waals surface area contributed by atoms with E-state index >= 15 is 0 Å². The standard InChI is InChI=1S/C14H17N3OS/c1-10-12(19-14(15-10)16(2)3)13(18)17(4)11-8-6-5-7-9-11/h5-9H,1-4H3. The van der Waals surface area contributed by atoms with E-state index in [-0.39, 0.29) is 5.91 Å². The van der Waals surface area contributed by atoms with E-state index < -0.39 is 0 Å². The molecule has 19 heavy (non-hydrogen) atoms. The van der Waals surface area contributed by atoms with Gasteiger partial charge in [-0.05, 0) is 19.1 Å². The monoisotopic (exact) mass is 275 g/mol. The molecule has 0 saturated carbocycles. The van der Waals surface area contributed by atoms with Crippen molar-refractivity contribution in [3.8, 4) is 0 Å². The van der Waals surface area contributed by atoms with Gasteiger partial charge >= 0.3 is 0 Å². The van der Waals surface area contributed by atoms with E-state index in [4.69, 9.17) is 0 Å². The van der Waals surface area contributed by atoms with Gasteiger partial charge < -0.3 is 9.80 Å². The number of carbonyl (C=O) groups is 1. The minimum absolute atomic E-state index is 0.0192. The number of carbonyl (C=O) groups excluding carboxylic acids is 1. The Kier molecular flexibility index (Phi) is 3.85. The van der Waals surface area contributed by atoms with Crippen LogP contribution in [0.2, 0.25) is 0 Å². The molecule has 1 heterocycles. The van der Waals surface area contributed by atoms with E-state index in [0.29, 0.717) is 4.88 Å². The van der Waals surface area contributed by atoms with E-state index in [1.54, 1.807) is 11.9 Å². The van der Waals surface area contributed by atoms with Crippen molar-refractivity contribution in [3.05, 3.63) is 40.9 Å². The summed E-state index contributed by atoms with van der Waals surface area (Å²) in [7, 11) is 5.63. The molecular weight excluding hydrogens is 258 g/mol. The Morgan fingerprint density at radius 2 is 1.79 bits per heavy atom. The van der Waals surface area contributed by atoms with Crippen molar-refractivity contribution < 1.29 is 4.79 Å². The van der Waals surface area contributed by atoms with E-state index in [1.165, 1.54) is 11.3 Å². The van der Waals surface area contributed by atoms with Crippen molar-refractivity contribution in [2.75, 3.05) is 30.9 Å². The van der Waals surface area contributed by atoms with Crippen LogP contribution in [-0.2, 0) is 0 Å². The average Bonchev–Trinajstić information content (AvgIpc) is 2.80. The van der Waals surface area contributed by atoms with Crippen molar-refractivity contribution >= 4 is 28.1 Å². The fraction of sp³-hybridized carbons (Fsp3) is 0.286. The Bertz CT molecular complexity index is 578. The Hall–Kier alpha value is -1.88. The molecule has 1 amide bonds. The molecule has 1 aromatic heterocycles. The van der Waals surface area contributed by atoms with Crippen LogP contribution < -0.4 is 9.80 Å². The lowest BCUT2D eigenvalue weighted by Crippen LogP contribution is -2.25. The molecule has 0 bridgehead atoms. The predicted molar refractivity (Wildman–Crippen MR) is 80.4 cm³/mol. The topological polar surface area (TPSA) is 36.4 Å². The summed E-state index contributed by atoms with van der Waals surface area (Å²) in [6.45, 7) is 1.87. The van der Waals surface area contributed by atoms with Gasteiger partial charge in [-0.3, -0.25) is 4.79 Å². The van der Waals surface area contributed by atoms with Gasteiger partial charge in [-0.1, -0.05) is 29.5 Å². The first kappa shape index (κ1) is 13.5. The molecule has 0 aliphatic heterocycles. The molecule has 0 aliphatic rings. The number of benzene rings is 1. The van der Waals surface area contributed by atoms with Crippen molar-refractivity contribution in [1.29, 1.82) is 0 Å². The first-order chi connectivity index (χ1) is 9.00. The molecule has 0 fully saturated rings. The highest BCUT2D eigenvalue weighted by molar-refractivity contribution is 7.17. The zero-order chi connectivity index (χ0) is 14.0. The number of hydrogen-bond donors (Lipinski definition) is 0. The summed E-state index contributed by atoms with van der Waals surface area (Å²) in [6, 6.07) is 9.61. The third kappa shape index (κ3) is 2.76. The molecule has 0 saturated heterocycles. The van der Waals surface area contributed by atoms with Crippen LogP contribution in [0.25, 0.3) is 0 Å². The smallest absolute Gasteiger partial charge is 0.270 e. The molecule has 0 aliphatic carbocycles. The first-order valence-electron chi connectivity index (χ1n) is 5.98. The number of nitrogens with zero attached hydrogens (tertiary/aromatic N) is 3. The van der Waals surface area contributed by atoms with Gasteiger partial charge in [0.05, 0.1) is 5.69 Å². The highest BCUT2D eigenvalue weighted by atomic mass is 32.1. The summed E-state index contributed by atoms with van der Waals surface area (Å²) in [6.07, 6.45) is 0. The molecule has 2 aromatic rings. The summed E-state index contributed by atoms with van der Waals surface area (Å²) in [5.74, 6) is -0.0192. The molecule has 0 radical (unpaired) electrons. The molecule has 2 rings (SSSR count). The van der Waals surface area contributed by atoms with Gasteiger partial charge in [0.25, 0.3) is 5.91 Å². The Balaban J connectivity index is 2.29. The van der Waals surface area contributed by atoms with Crippen LogP contribution >= 0.6 is 11.3 Å². The van der Waals surface area contributed by atoms with Gasteiger partial charge in [-0.2, -0.15) is 0 Å². The third-order valence-electron chi connectivity index (χ3n) is 2.81. The predicted octanol–water partition coefficient (Wildman–Crippen LogP) is 2.79. The quantitative estimate of drug-likeness (QED) is 0.864. The van der Waals surface area contributed by atoms with Crippen molar-refractivity contribution in [2.45, 2.75) is 6.92 Å². The maximum absolute atomic E-state index is 12.5. The lowest BCUT2D eigenvalue weighted by molar-refractivity contribution is 0.0996. The number of amides is 1. The molecule has 5 heteroatoms. The second-order valence-corrected chi connectivity index (χ2v) is 5.48. The number of anilines is 2. The van der Waals surface area contributed by atoms with Gasteiger partial charge in [-0.25, -0.2) is 4.98 Å². The number of aryl methyl sites for hydroxylation is 1. The summed E-state index contributed by atoms with van der Waals surface area (Å²) in [4.78, 5) is 21.1. The van der Waals surface area contributed by atoms with Crippen LogP contribution in [0.4, 0.5) is 10.8 Å². The second kappa shape index (κ2) is 5.40. The largest absolute Gasteiger partial charge is 0.354 e. The Morgan fingerprint density at radius 1 is 1.16 bits per heavy atom. The van der Waals surface area contributed by atoms with Gasteiger partial charge in [-0.15, -0.1) is 0 Å². The lowest BCUT2D eigenvalue weighted by atomic mass is 10.3. The van der Waals surface area contributed by atoms with Crippen LogP contribution in [0, 0.1) is 6.92 Å². The van der Waals surface area contributed by atoms with Gasteiger partial charge in [0.1, 0.15) is 4.88 Å². The van der Waals surface area contributed by atoms with Crippen LogP contribution in [-0.4, -0.2) is 32.0 Å². The zero-order valence-corrected chi connectivity index (χ0v) is 12.4. The fourth-order valence-electron chi connectivity index (χ4n) is 1.69. The lowest BCUT2D eigenvalue weighted by Gasteiger charge is -2.16. The van der Waals surface area contributed by atoms with Crippen LogP contribution in [0.3, 0.4) is 0 Å². The van der Waals surface area contributed by atoms with E-state index in [9.17, 15) is 4.79 Å². The molecule has 0 spiro atoms. The SMILES string of the molecule is Cc1nc(N(C)C)sc1C(=O)N(C)c1ccccc1. The molecule has 0 unspecified atom stereocenters. The van der Waals surface area contributed by atoms with Crippen LogP contribution in [0.15, 0.2) is 30.3 Å². The number of rotatable bonds is 3. The number of aromatic nitrogens is 1. The maximum Gasteiger partial charge on any atom is 0.270 e. The Morgan fingerprint density at radius 3 is 2.32 bits per heavy atom. The minimum atomic E-state index is -0.0192. The molecule has 0 atom stereocenters. The molecule has 0 N–H and O–H groups in total. The number of hydrogen-bond acceptors (Lipinski definition) is 4. The van der Waals surface area contributed by atoms with E-state index in [0.717, 1.165) is 16.5 Å². The Labute approximate surface area is 117 Å². The van der Waals surface area contributed by atoms with Gasteiger partial charge in [0.15, 0.2) is 5.13 Å². The van der Waals surface area contributed by atoms with Crippen molar-refractivity contribution in [2.24, 2.45) is 0 Å². The summed E-state index contributed by atoms with van der Waals surface area (Å²) in [5.41, 5.74) is 1.66. The van der Waals surface area contributed by atoms with Gasteiger partial charge in [0.2, 0.25) is 0 Å². The van der Waals surface area contributed by atoms with E-state index in [2.05, 4.69) is 4.98 Å². The van der Waals surface area contributed by atoms with Gasteiger partial charge in [0, 0.05) is 26.8 Å².